The zero-order valence-corrected chi connectivity index (χ0v) is 7.18. The summed E-state index contributed by atoms with van der Waals surface area (Å²) in [6.45, 7) is 0.208. The highest BCUT2D eigenvalue weighted by atomic mass is 32.2. The van der Waals surface area contributed by atoms with E-state index in [-0.39, 0.29) is 6.61 Å². The van der Waals surface area contributed by atoms with Gasteiger partial charge in [-0.3, -0.25) is 0 Å². The van der Waals surface area contributed by atoms with Gasteiger partial charge in [0.25, 0.3) is 0 Å². The third kappa shape index (κ3) is 2.38. The second-order valence-corrected chi connectivity index (χ2v) is 3.88. The molecule has 0 radical (unpaired) electrons. The molecule has 0 aromatic carbocycles. The number of thioether (sulfide) groups is 1. The van der Waals surface area contributed by atoms with Crippen LogP contribution in [0.1, 0.15) is 19.3 Å². The summed E-state index contributed by atoms with van der Waals surface area (Å²) in [5.41, 5.74) is 0.892. The monoisotopic (exact) mass is 175 g/mol. The molecule has 0 aromatic heterocycles. The van der Waals surface area contributed by atoms with E-state index in [9.17, 15) is 0 Å². The van der Waals surface area contributed by atoms with Crippen molar-refractivity contribution in [3.05, 3.63) is 0 Å². The van der Waals surface area contributed by atoms with E-state index >= 15 is 0 Å². The van der Waals surface area contributed by atoms with Crippen LogP contribution in [0.5, 0.6) is 0 Å². The first-order valence-corrected chi connectivity index (χ1v) is 4.86. The second-order valence-electron chi connectivity index (χ2n) is 2.57. The van der Waals surface area contributed by atoms with Crippen LogP contribution in [0.2, 0.25) is 0 Å². The highest BCUT2D eigenvalue weighted by Crippen LogP contribution is 2.27. The molecule has 0 heterocycles. The van der Waals surface area contributed by atoms with Crippen molar-refractivity contribution < 1.29 is 10.3 Å². The fourth-order valence-corrected chi connectivity index (χ4v) is 2.37. The molecule has 0 amide bonds. The molecule has 1 aliphatic rings. The Labute approximate surface area is 70.5 Å². The van der Waals surface area contributed by atoms with Crippen molar-refractivity contribution in [2.75, 3.05) is 12.4 Å². The van der Waals surface area contributed by atoms with Crippen LogP contribution in [0.4, 0.5) is 0 Å². The van der Waals surface area contributed by atoms with Gasteiger partial charge in [0.1, 0.15) is 0 Å². The van der Waals surface area contributed by atoms with Crippen LogP contribution in [0.3, 0.4) is 0 Å². The van der Waals surface area contributed by atoms with Gasteiger partial charge in [0.2, 0.25) is 0 Å². The van der Waals surface area contributed by atoms with E-state index < -0.39 is 0 Å². The van der Waals surface area contributed by atoms with Gasteiger partial charge in [0.05, 0.1) is 12.3 Å². The molecule has 11 heavy (non-hydrogen) atoms. The lowest BCUT2D eigenvalue weighted by molar-refractivity contribution is 0.317. The summed E-state index contributed by atoms with van der Waals surface area (Å²) in [5, 5.41) is 20.7. The smallest absolute Gasteiger partial charge is 0.0700 e. The van der Waals surface area contributed by atoms with Crippen molar-refractivity contribution in [2.24, 2.45) is 5.16 Å². The molecule has 2 N–H and O–H groups in total. The molecule has 1 saturated carbocycles. The number of oxime groups is 1. The Balaban J connectivity index is 2.32. The molecule has 0 aliphatic heterocycles. The molecular weight excluding hydrogens is 162 g/mol. The first kappa shape index (κ1) is 8.87. The fourth-order valence-electron chi connectivity index (χ4n) is 1.29. The van der Waals surface area contributed by atoms with E-state index in [1.165, 1.54) is 0 Å². The molecule has 1 atom stereocenters. The molecule has 0 bridgehead atoms. The van der Waals surface area contributed by atoms with Crippen molar-refractivity contribution >= 4 is 17.5 Å². The summed E-state index contributed by atoms with van der Waals surface area (Å²) in [5.74, 6) is 0.740. The Hall–Kier alpha value is -0.220. The average molecular weight is 175 g/mol. The highest BCUT2D eigenvalue weighted by molar-refractivity contribution is 8.00. The van der Waals surface area contributed by atoms with Gasteiger partial charge < -0.3 is 10.3 Å². The molecule has 3 nitrogen and oxygen atoms in total. The molecule has 0 saturated heterocycles. The average Bonchev–Trinajstić information content (AvgIpc) is 2.47. The van der Waals surface area contributed by atoms with Gasteiger partial charge in [-0.2, -0.15) is 0 Å². The number of hydrogen-bond acceptors (Lipinski definition) is 4. The summed E-state index contributed by atoms with van der Waals surface area (Å²) in [4.78, 5) is 0. The van der Waals surface area contributed by atoms with Crippen LogP contribution in [-0.2, 0) is 0 Å². The molecule has 1 rings (SSSR count). The summed E-state index contributed by atoms with van der Waals surface area (Å²) >= 11 is 1.68. The lowest BCUT2D eigenvalue weighted by atomic mass is 10.3. The lowest BCUT2D eigenvalue weighted by Gasteiger charge is -2.06. The molecule has 4 heteroatoms. The second kappa shape index (κ2) is 4.62. The number of aliphatic hydroxyl groups excluding tert-OH is 1. The molecule has 64 valence electrons. The lowest BCUT2D eigenvalue weighted by Crippen LogP contribution is -2.10. The maximum Gasteiger partial charge on any atom is 0.0700 e. The van der Waals surface area contributed by atoms with Crippen molar-refractivity contribution in [3.63, 3.8) is 0 Å². The van der Waals surface area contributed by atoms with E-state index in [4.69, 9.17) is 10.3 Å². The summed E-state index contributed by atoms with van der Waals surface area (Å²) in [7, 11) is 0. The molecule has 0 aromatic rings. The molecular formula is C7H13NO2S. The van der Waals surface area contributed by atoms with Crippen LogP contribution in [0.15, 0.2) is 5.16 Å². The van der Waals surface area contributed by atoms with E-state index in [1.807, 2.05) is 0 Å². The van der Waals surface area contributed by atoms with E-state index in [0.717, 1.165) is 30.7 Å². The Bertz CT molecular complexity index is 149. The van der Waals surface area contributed by atoms with Gasteiger partial charge in [0, 0.05) is 11.0 Å². The van der Waals surface area contributed by atoms with Crippen LogP contribution in [-0.4, -0.2) is 33.6 Å². The van der Waals surface area contributed by atoms with E-state index in [0.29, 0.717) is 5.25 Å². The topological polar surface area (TPSA) is 52.8 Å². The third-order valence-electron chi connectivity index (χ3n) is 1.81. The Morgan fingerprint density at radius 1 is 1.64 bits per heavy atom. The summed E-state index contributed by atoms with van der Waals surface area (Å²) in [6, 6.07) is 0. The Morgan fingerprint density at radius 3 is 3.09 bits per heavy atom. The third-order valence-corrected chi connectivity index (χ3v) is 3.14. The van der Waals surface area contributed by atoms with Crippen molar-refractivity contribution in [3.8, 4) is 0 Å². The van der Waals surface area contributed by atoms with Crippen LogP contribution >= 0.6 is 11.8 Å². The SMILES string of the molecule is OCCSC1CCCC1=NO. The van der Waals surface area contributed by atoms with E-state index in [2.05, 4.69) is 5.16 Å². The van der Waals surface area contributed by atoms with Crippen LogP contribution < -0.4 is 0 Å². The van der Waals surface area contributed by atoms with Crippen molar-refractivity contribution in [1.82, 2.24) is 0 Å². The van der Waals surface area contributed by atoms with Gasteiger partial charge in [0.15, 0.2) is 0 Å². The predicted molar refractivity (Wildman–Crippen MR) is 46.4 cm³/mol. The first-order chi connectivity index (χ1) is 5.38. The Kier molecular flexibility index (Phi) is 3.72. The van der Waals surface area contributed by atoms with E-state index in [1.54, 1.807) is 11.8 Å². The van der Waals surface area contributed by atoms with Crippen molar-refractivity contribution in [1.29, 1.82) is 0 Å². The van der Waals surface area contributed by atoms with Crippen LogP contribution in [0, 0.1) is 0 Å². The maximum atomic E-state index is 8.56. The number of rotatable bonds is 3. The number of aliphatic hydroxyl groups is 1. The zero-order chi connectivity index (χ0) is 8.10. The van der Waals surface area contributed by atoms with Gasteiger partial charge in [-0.1, -0.05) is 5.16 Å². The van der Waals surface area contributed by atoms with Crippen molar-refractivity contribution in [2.45, 2.75) is 24.5 Å². The fraction of sp³-hybridized carbons (Fsp3) is 0.857. The van der Waals surface area contributed by atoms with Gasteiger partial charge in [-0.05, 0) is 19.3 Å². The normalized spacial score (nSPS) is 28.1. The highest BCUT2D eigenvalue weighted by Gasteiger charge is 2.22. The summed E-state index contributed by atoms with van der Waals surface area (Å²) in [6.07, 6.45) is 3.12. The molecule has 0 spiro atoms. The number of nitrogens with zero attached hydrogens (tertiary/aromatic N) is 1. The minimum absolute atomic E-state index is 0.208. The number of hydrogen-bond donors (Lipinski definition) is 2. The summed E-state index contributed by atoms with van der Waals surface area (Å²) < 4.78 is 0. The van der Waals surface area contributed by atoms with Gasteiger partial charge in [-0.15, -0.1) is 11.8 Å². The minimum atomic E-state index is 0.208. The van der Waals surface area contributed by atoms with Gasteiger partial charge in [-0.25, -0.2) is 0 Å². The standard InChI is InChI=1S/C7H13NO2S/c9-4-5-11-7-3-1-2-6(7)8-10/h7,9-10H,1-5H2. The first-order valence-electron chi connectivity index (χ1n) is 3.81. The Morgan fingerprint density at radius 2 is 2.45 bits per heavy atom. The minimum Gasteiger partial charge on any atom is -0.411 e. The molecule has 1 unspecified atom stereocenters. The molecule has 1 fully saturated rings. The van der Waals surface area contributed by atoms with Crippen LogP contribution in [0.25, 0.3) is 0 Å². The predicted octanol–water partition coefficient (Wildman–Crippen LogP) is 1.09. The maximum absolute atomic E-state index is 8.56. The largest absolute Gasteiger partial charge is 0.411 e. The van der Waals surface area contributed by atoms with Gasteiger partial charge >= 0.3 is 0 Å². The zero-order valence-electron chi connectivity index (χ0n) is 6.36. The molecule has 1 aliphatic carbocycles. The quantitative estimate of drug-likeness (QED) is 0.499.